The minimum Gasteiger partial charge on any atom is -0.393 e. The molecule has 11 atom stereocenters. The summed E-state index contributed by atoms with van der Waals surface area (Å²) >= 11 is 0. The highest BCUT2D eigenvalue weighted by molar-refractivity contribution is 7.85. The first-order valence-corrected chi connectivity index (χ1v) is 16.9. The van der Waals surface area contributed by atoms with E-state index in [1.54, 1.807) is 0 Å². The molecule has 1 amide bonds. The van der Waals surface area contributed by atoms with Crippen molar-refractivity contribution in [1.29, 1.82) is 0 Å². The Labute approximate surface area is 230 Å². The van der Waals surface area contributed by atoms with Crippen LogP contribution in [0.25, 0.3) is 0 Å². The molecule has 4 fully saturated rings. The van der Waals surface area contributed by atoms with Crippen LogP contribution in [0.4, 0.5) is 0 Å². The van der Waals surface area contributed by atoms with E-state index in [-0.39, 0.29) is 40.8 Å². The van der Waals surface area contributed by atoms with Gasteiger partial charge in [-0.05, 0) is 116 Å². The second-order valence-corrected chi connectivity index (χ2v) is 16.0. The van der Waals surface area contributed by atoms with Crippen LogP contribution >= 0.6 is 0 Å². The first-order chi connectivity index (χ1) is 17.6. The number of amides is 1. The molecule has 0 spiro atoms. The lowest BCUT2D eigenvalue weighted by Crippen LogP contribution is -2.58. The molecule has 0 aromatic carbocycles. The molecule has 4 aliphatic rings. The van der Waals surface area contributed by atoms with Crippen molar-refractivity contribution in [2.24, 2.45) is 52.3 Å². The Bertz CT molecular complexity index is 954. The zero-order chi connectivity index (χ0) is 28.0. The molecule has 4 rings (SSSR count). The molecular weight excluding hydrogens is 502 g/mol. The van der Waals surface area contributed by atoms with Gasteiger partial charge in [-0.15, -0.1) is 0 Å². The van der Waals surface area contributed by atoms with Crippen LogP contribution in [0.1, 0.15) is 105 Å². The summed E-state index contributed by atoms with van der Waals surface area (Å²) < 4.78 is 32.2. The van der Waals surface area contributed by atoms with Crippen LogP contribution in [-0.4, -0.2) is 53.1 Å². The Morgan fingerprint density at radius 3 is 2.37 bits per heavy atom. The number of nitrogens with one attached hydrogen (secondary N) is 1. The maximum absolute atomic E-state index is 12.8. The van der Waals surface area contributed by atoms with Crippen LogP contribution in [0, 0.1) is 52.3 Å². The number of carbonyl (C=O) groups is 1. The Balaban J connectivity index is 1.39. The molecule has 220 valence electrons. The summed E-state index contributed by atoms with van der Waals surface area (Å²) in [5.74, 6) is 2.46. The van der Waals surface area contributed by atoms with Crippen molar-refractivity contribution in [2.75, 3.05) is 5.75 Å². The fraction of sp³-hybridized carbons (Fsp3) is 0.967. The first kappa shape index (κ1) is 30.3. The van der Waals surface area contributed by atoms with E-state index in [0.29, 0.717) is 48.9 Å². The third kappa shape index (κ3) is 5.99. The van der Waals surface area contributed by atoms with Crippen molar-refractivity contribution in [2.45, 2.75) is 123 Å². The van der Waals surface area contributed by atoms with E-state index in [2.05, 4.69) is 26.1 Å². The van der Waals surface area contributed by atoms with Crippen molar-refractivity contribution in [1.82, 2.24) is 5.32 Å². The van der Waals surface area contributed by atoms with E-state index in [4.69, 9.17) is 0 Å². The lowest BCUT2D eigenvalue weighted by Gasteiger charge is -2.62. The van der Waals surface area contributed by atoms with Crippen LogP contribution in [0.15, 0.2) is 0 Å². The average Bonchev–Trinajstić information content (AvgIpc) is 3.16. The minimum atomic E-state index is -4.17. The van der Waals surface area contributed by atoms with Crippen LogP contribution in [0.3, 0.4) is 0 Å². The fourth-order valence-corrected chi connectivity index (χ4v) is 10.7. The monoisotopic (exact) mass is 555 g/mol. The summed E-state index contributed by atoms with van der Waals surface area (Å²) in [5, 5.41) is 24.9. The van der Waals surface area contributed by atoms with Crippen molar-refractivity contribution >= 4 is 16.0 Å². The molecule has 0 aromatic rings. The quantitative estimate of drug-likeness (QED) is 0.303. The number of carbonyl (C=O) groups excluding carboxylic acids is 1. The molecule has 0 aromatic heterocycles. The molecule has 0 heterocycles. The van der Waals surface area contributed by atoms with Gasteiger partial charge in [-0.3, -0.25) is 9.35 Å². The lowest BCUT2D eigenvalue weighted by molar-refractivity contribution is -0.174. The zero-order valence-electron chi connectivity index (χ0n) is 24.2. The normalized spacial score (nSPS) is 42.6. The number of fused-ring (bicyclic) bond motifs is 5. The Morgan fingerprint density at radius 1 is 1.00 bits per heavy atom. The standard InChI is InChI=1S/C30H53NO6S/c1-18(2)14-21(17-38(35,36)37)31-28(34)11-6-19(3)24-9-10-25-23-8-7-20-15-22(32)12-13-29(20,4)26(23)16-27(33)30(24,25)5/h18-27,32-33H,6-17H2,1-5H3,(H,31,34)(H,35,36,37). The SMILES string of the molecule is CC(C)CC(CS(=O)(=O)O)NC(=O)CCC(C)C1CCC2C3CCC4CC(O)CCC4(C)C3CC(O)C12C. The van der Waals surface area contributed by atoms with Gasteiger partial charge in [0.2, 0.25) is 5.91 Å². The van der Waals surface area contributed by atoms with Gasteiger partial charge in [0, 0.05) is 12.5 Å². The predicted molar refractivity (Wildman–Crippen MR) is 149 cm³/mol. The smallest absolute Gasteiger partial charge is 0.266 e. The molecule has 7 nitrogen and oxygen atoms in total. The lowest BCUT2D eigenvalue weighted by atomic mass is 9.43. The largest absolute Gasteiger partial charge is 0.393 e. The Morgan fingerprint density at radius 2 is 1.71 bits per heavy atom. The summed E-state index contributed by atoms with van der Waals surface area (Å²) in [4.78, 5) is 12.8. The molecular formula is C30H53NO6S. The molecule has 11 unspecified atom stereocenters. The van der Waals surface area contributed by atoms with Gasteiger partial charge < -0.3 is 15.5 Å². The second-order valence-electron chi connectivity index (χ2n) is 14.5. The zero-order valence-corrected chi connectivity index (χ0v) is 25.0. The molecule has 4 N–H and O–H groups in total. The highest BCUT2D eigenvalue weighted by Gasteiger charge is 2.63. The molecule has 38 heavy (non-hydrogen) atoms. The maximum atomic E-state index is 12.8. The van der Waals surface area contributed by atoms with E-state index < -0.39 is 21.9 Å². The number of rotatable bonds is 9. The van der Waals surface area contributed by atoms with Crippen molar-refractivity contribution in [3.63, 3.8) is 0 Å². The van der Waals surface area contributed by atoms with Gasteiger partial charge in [0.05, 0.1) is 18.0 Å². The van der Waals surface area contributed by atoms with E-state index in [1.165, 1.54) is 12.8 Å². The average molecular weight is 556 g/mol. The molecule has 0 saturated heterocycles. The van der Waals surface area contributed by atoms with Gasteiger partial charge in [0.25, 0.3) is 10.1 Å². The van der Waals surface area contributed by atoms with Gasteiger partial charge >= 0.3 is 0 Å². The van der Waals surface area contributed by atoms with Crippen LogP contribution in [-0.2, 0) is 14.9 Å². The van der Waals surface area contributed by atoms with E-state index in [9.17, 15) is 28.0 Å². The van der Waals surface area contributed by atoms with Crippen molar-refractivity contribution in [3.8, 4) is 0 Å². The summed E-state index contributed by atoms with van der Waals surface area (Å²) in [6.45, 7) is 10.9. The fourth-order valence-electron chi connectivity index (χ4n) is 10.0. The number of aliphatic hydroxyl groups is 2. The summed E-state index contributed by atoms with van der Waals surface area (Å²) in [6, 6.07) is -0.587. The van der Waals surface area contributed by atoms with Crippen molar-refractivity contribution in [3.05, 3.63) is 0 Å². The summed E-state index contributed by atoms with van der Waals surface area (Å²) in [6.07, 6.45) is 9.38. The topological polar surface area (TPSA) is 124 Å². The number of hydrogen-bond donors (Lipinski definition) is 4. The molecule has 0 bridgehead atoms. The highest BCUT2D eigenvalue weighted by Crippen LogP contribution is 2.68. The van der Waals surface area contributed by atoms with Gasteiger partial charge in [0.15, 0.2) is 0 Å². The number of hydrogen-bond acceptors (Lipinski definition) is 5. The Kier molecular flexibility index (Phi) is 8.99. The van der Waals surface area contributed by atoms with Gasteiger partial charge in [0.1, 0.15) is 0 Å². The van der Waals surface area contributed by atoms with Crippen molar-refractivity contribution < 1.29 is 28.0 Å². The molecule has 0 radical (unpaired) electrons. The maximum Gasteiger partial charge on any atom is 0.266 e. The molecule has 4 saturated carbocycles. The van der Waals surface area contributed by atoms with E-state index in [0.717, 1.165) is 38.5 Å². The molecule has 4 aliphatic carbocycles. The number of aliphatic hydroxyl groups excluding tert-OH is 2. The summed E-state index contributed by atoms with van der Waals surface area (Å²) in [5.41, 5.74) is 0.0837. The first-order valence-electron chi connectivity index (χ1n) is 15.3. The van der Waals surface area contributed by atoms with Gasteiger partial charge in [-0.1, -0.05) is 34.6 Å². The third-order valence-corrected chi connectivity index (χ3v) is 12.7. The molecule has 8 heteroatoms. The van der Waals surface area contributed by atoms with Gasteiger partial charge in [-0.25, -0.2) is 0 Å². The Hall–Kier alpha value is -0.700. The summed E-state index contributed by atoms with van der Waals surface area (Å²) in [7, 11) is -4.17. The van der Waals surface area contributed by atoms with E-state index in [1.807, 2.05) is 13.8 Å². The van der Waals surface area contributed by atoms with Crippen LogP contribution in [0.2, 0.25) is 0 Å². The molecule has 0 aliphatic heterocycles. The highest BCUT2D eigenvalue weighted by atomic mass is 32.2. The third-order valence-electron chi connectivity index (χ3n) is 11.9. The van der Waals surface area contributed by atoms with Crippen LogP contribution < -0.4 is 5.32 Å². The predicted octanol–water partition coefficient (Wildman–Crippen LogP) is 4.81. The van der Waals surface area contributed by atoms with E-state index >= 15 is 0 Å². The minimum absolute atomic E-state index is 0.139. The second kappa shape index (κ2) is 11.3. The van der Waals surface area contributed by atoms with Crippen LogP contribution in [0.5, 0.6) is 0 Å². The van der Waals surface area contributed by atoms with Gasteiger partial charge in [-0.2, -0.15) is 8.42 Å².